The Morgan fingerprint density at radius 3 is 2.44 bits per heavy atom. The first kappa shape index (κ1) is 22.8. The minimum Gasteiger partial charge on any atom is -0.287 e. The van der Waals surface area contributed by atoms with Gasteiger partial charge in [-0.1, -0.05) is 97.4 Å². The summed E-state index contributed by atoms with van der Waals surface area (Å²) in [6, 6.07) is 23.1. The fraction of sp³-hybridized carbons (Fsp3) is 0.296. The predicted molar refractivity (Wildman–Crippen MR) is 134 cm³/mol. The molecule has 32 heavy (non-hydrogen) atoms. The fourth-order valence-electron chi connectivity index (χ4n) is 4.28. The highest BCUT2D eigenvalue weighted by Gasteiger charge is 2.38. The molecular formula is C27H28O3S2. The van der Waals surface area contributed by atoms with E-state index in [0.717, 1.165) is 35.6 Å². The van der Waals surface area contributed by atoms with Crippen LogP contribution < -0.4 is 0 Å². The van der Waals surface area contributed by atoms with Gasteiger partial charge >= 0.3 is 0 Å². The van der Waals surface area contributed by atoms with Gasteiger partial charge < -0.3 is 0 Å². The molecule has 0 N–H and O–H groups in total. The van der Waals surface area contributed by atoms with Crippen LogP contribution in [0.25, 0.3) is 16.8 Å². The number of carbonyl (C=O) groups excluding carboxylic acids is 1. The number of fused-ring (bicyclic) bond motifs is 1. The van der Waals surface area contributed by atoms with Crippen molar-refractivity contribution >= 4 is 43.6 Å². The van der Waals surface area contributed by atoms with Crippen molar-refractivity contribution in [2.24, 2.45) is 0 Å². The highest BCUT2D eigenvalue weighted by Crippen LogP contribution is 2.37. The van der Waals surface area contributed by atoms with Crippen molar-refractivity contribution in [1.82, 2.24) is 0 Å². The Morgan fingerprint density at radius 2 is 1.62 bits per heavy atom. The Balaban J connectivity index is 1.42. The second-order valence-corrected chi connectivity index (χ2v) is 11.7. The van der Waals surface area contributed by atoms with E-state index >= 15 is 0 Å². The van der Waals surface area contributed by atoms with E-state index in [0.29, 0.717) is 24.2 Å². The normalized spacial score (nSPS) is 19.4. The third kappa shape index (κ3) is 5.51. The molecule has 1 aliphatic rings. The third-order valence-electron chi connectivity index (χ3n) is 6.00. The first-order valence-electron chi connectivity index (χ1n) is 11.2. The number of allylic oxidation sites excluding steroid dienone is 1. The lowest BCUT2D eigenvalue weighted by atomic mass is 10.00. The molecule has 3 aromatic carbocycles. The van der Waals surface area contributed by atoms with Crippen LogP contribution in [-0.4, -0.2) is 24.0 Å². The largest absolute Gasteiger partial charge is 0.287 e. The molecule has 0 aliphatic heterocycles. The average molecular weight is 465 g/mol. The van der Waals surface area contributed by atoms with E-state index in [1.54, 1.807) is 12.1 Å². The Hall–Kier alpha value is -2.37. The van der Waals surface area contributed by atoms with Crippen LogP contribution in [-0.2, 0) is 14.6 Å². The molecule has 1 fully saturated rings. The van der Waals surface area contributed by atoms with Gasteiger partial charge in [-0.2, -0.15) is 0 Å². The maximum absolute atomic E-state index is 13.5. The molecule has 0 unspecified atom stereocenters. The molecule has 0 heterocycles. The Kier molecular flexibility index (Phi) is 7.48. The van der Waals surface area contributed by atoms with Crippen LogP contribution >= 0.6 is 11.8 Å². The van der Waals surface area contributed by atoms with Gasteiger partial charge in [0.2, 0.25) is 0 Å². The number of benzene rings is 3. The quantitative estimate of drug-likeness (QED) is 0.391. The van der Waals surface area contributed by atoms with Gasteiger partial charge in [0, 0.05) is 11.7 Å². The van der Waals surface area contributed by atoms with E-state index in [1.165, 1.54) is 11.8 Å². The van der Waals surface area contributed by atoms with Crippen LogP contribution in [0, 0.1) is 0 Å². The third-order valence-corrected chi connectivity index (χ3v) is 9.78. The maximum Gasteiger partial charge on any atom is 0.189 e. The first-order valence-corrected chi connectivity index (χ1v) is 13.6. The second kappa shape index (κ2) is 10.5. The van der Waals surface area contributed by atoms with Crippen molar-refractivity contribution in [2.75, 3.05) is 0 Å². The Morgan fingerprint density at radius 1 is 0.906 bits per heavy atom. The van der Waals surface area contributed by atoms with E-state index in [4.69, 9.17) is 0 Å². The van der Waals surface area contributed by atoms with Gasteiger partial charge in [-0.15, -0.1) is 0 Å². The highest BCUT2D eigenvalue weighted by atomic mass is 32.2. The topological polar surface area (TPSA) is 51.2 Å². The van der Waals surface area contributed by atoms with E-state index < -0.39 is 15.1 Å². The van der Waals surface area contributed by atoms with Gasteiger partial charge in [-0.3, -0.25) is 4.79 Å². The van der Waals surface area contributed by atoms with Crippen molar-refractivity contribution in [3.05, 3.63) is 84.4 Å². The number of hydrogen-bond donors (Lipinski definition) is 0. The first-order chi connectivity index (χ1) is 15.5. The fourth-order valence-corrected chi connectivity index (χ4v) is 7.95. The van der Waals surface area contributed by atoms with Crippen LogP contribution in [0.5, 0.6) is 0 Å². The molecule has 1 saturated carbocycles. The second-order valence-electron chi connectivity index (χ2n) is 8.26. The number of sulfone groups is 1. The van der Waals surface area contributed by atoms with Crippen molar-refractivity contribution in [3.63, 3.8) is 0 Å². The molecular weight excluding hydrogens is 436 g/mol. The molecule has 0 amide bonds. The van der Waals surface area contributed by atoms with E-state index in [2.05, 4.69) is 0 Å². The monoisotopic (exact) mass is 464 g/mol. The molecule has 5 heteroatoms. The summed E-state index contributed by atoms with van der Waals surface area (Å²) in [6.07, 6.45) is 8.37. The van der Waals surface area contributed by atoms with Crippen molar-refractivity contribution < 1.29 is 13.2 Å². The molecule has 3 aromatic rings. The van der Waals surface area contributed by atoms with Crippen molar-refractivity contribution in [2.45, 2.75) is 53.9 Å². The van der Waals surface area contributed by atoms with Gasteiger partial charge in [0.05, 0.1) is 10.1 Å². The van der Waals surface area contributed by atoms with Gasteiger partial charge in [0.15, 0.2) is 15.0 Å². The molecule has 0 bridgehead atoms. The standard InChI is InChI=1S/C27H28O3S2/c28-27(17-9-4-12-21-10-2-1-3-11-21)31-25-15-7-8-16-26(25)32(29,30)24-19-18-22-13-5-6-14-23(22)20-24/h1-6,10-14,18-20,25-26H,7-9,15-17H2/b12-4+/t25-,26-/m0/s1. The minimum absolute atomic E-state index is 0.0772. The average Bonchev–Trinajstić information content (AvgIpc) is 2.82. The molecule has 2 atom stereocenters. The zero-order chi connectivity index (χ0) is 22.4. The summed E-state index contributed by atoms with van der Waals surface area (Å²) >= 11 is 1.25. The lowest BCUT2D eigenvalue weighted by Crippen LogP contribution is -2.35. The molecule has 0 aromatic heterocycles. The summed E-state index contributed by atoms with van der Waals surface area (Å²) < 4.78 is 27.0. The summed E-state index contributed by atoms with van der Waals surface area (Å²) in [5, 5.41) is 1.35. The SMILES string of the molecule is O=C(CC/C=C/c1ccccc1)S[C@H]1CCCC[C@@H]1S(=O)(=O)c1ccc2ccccc2c1. The predicted octanol–water partition coefficient (Wildman–Crippen LogP) is 6.68. The molecule has 166 valence electrons. The summed E-state index contributed by atoms with van der Waals surface area (Å²) in [4.78, 5) is 13.0. The molecule has 0 radical (unpaired) electrons. The van der Waals surface area contributed by atoms with E-state index in [1.807, 2.05) is 72.8 Å². The number of thioether (sulfide) groups is 1. The lowest BCUT2D eigenvalue weighted by molar-refractivity contribution is -0.110. The molecule has 0 spiro atoms. The lowest BCUT2D eigenvalue weighted by Gasteiger charge is -2.30. The van der Waals surface area contributed by atoms with E-state index in [9.17, 15) is 13.2 Å². The van der Waals surface area contributed by atoms with Gasteiger partial charge in [0.25, 0.3) is 0 Å². The van der Waals surface area contributed by atoms with Crippen LogP contribution in [0.4, 0.5) is 0 Å². The zero-order valence-electron chi connectivity index (χ0n) is 18.0. The van der Waals surface area contributed by atoms with Crippen LogP contribution in [0.2, 0.25) is 0 Å². The molecule has 4 rings (SSSR count). The maximum atomic E-state index is 13.5. The molecule has 3 nitrogen and oxygen atoms in total. The van der Waals surface area contributed by atoms with Gasteiger partial charge in [-0.05, 0) is 47.7 Å². The molecule has 0 saturated heterocycles. The molecule has 1 aliphatic carbocycles. The smallest absolute Gasteiger partial charge is 0.189 e. The van der Waals surface area contributed by atoms with Gasteiger partial charge in [0.1, 0.15) is 0 Å². The van der Waals surface area contributed by atoms with Crippen LogP contribution in [0.3, 0.4) is 0 Å². The Bertz CT molecular complexity index is 1200. The summed E-state index contributed by atoms with van der Waals surface area (Å²) in [7, 11) is -3.50. The van der Waals surface area contributed by atoms with Crippen molar-refractivity contribution in [1.29, 1.82) is 0 Å². The van der Waals surface area contributed by atoms with Gasteiger partial charge in [-0.25, -0.2) is 8.42 Å². The van der Waals surface area contributed by atoms with Crippen molar-refractivity contribution in [3.8, 4) is 0 Å². The van der Waals surface area contributed by atoms with Crippen LogP contribution in [0.1, 0.15) is 44.1 Å². The van der Waals surface area contributed by atoms with E-state index in [-0.39, 0.29) is 10.4 Å². The number of carbonyl (C=O) groups is 1. The number of hydrogen-bond acceptors (Lipinski definition) is 4. The number of rotatable bonds is 7. The highest BCUT2D eigenvalue weighted by molar-refractivity contribution is 8.14. The minimum atomic E-state index is -3.50. The summed E-state index contributed by atoms with van der Waals surface area (Å²) in [5.74, 6) is 0. The van der Waals surface area contributed by atoms with Crippen LogP contribution in [0.15, 0.2) is 83.8 Å². The summed E-state index contributed by atoms with van der Waals surface area (Å²) in [5.41, 5.74) is 1.11. The Labute approximate surface area is 194 Å². The zero-order valence-corrected chi connectivity index (χ0v) is 19.7. The summed E-state index contributed by atoms with van der Waals surface area (Å²) in [6.45, 7) is 0.